The van der Waals surface area contributed by atoms with Crippen LogP contribution in [0.1, 0.15) is 29.7 Å². The highest BCUT2D eigenvalue weighted by Crippen LogP contribution is 2.32. The Morgan fingerprint density at radius 3 is 3.00 bits per heavy atom. The van der Waals surface area contributed by atoms with Crippen molar-refractivity contribution in [3.05, 3.63) is 21.9 Å². The zero-order chi connectivity index (χ0) is 15.5. The maximum absolute atomic E-state index is 12.0. The van der Waals surface area contributed by atoms with Crippen molar-refractivity contribution in [2.45, 2.75) is 38.8 Å². The molecule has 5 heteroatoms. The number of fused-ring (bicyclic) bond motifs is 1. The van der Waals surface area contributed by atoms with Gasteiger partial charge in [0.25, 0.3) is 0 Å². The normalized spacial score (nSPS) is 26.0. The van der Waals surface area contributed by atoms with Gasteiger partial charge in [0.05, 0.1) is 0 Å². The first kappa shape index (κ1) is 16.0. The number of aryl methyl sites for hydroxylation is 1. The number of nitrogens with zero attached hydrogens (tertiary/aromatic N) is 2. The van der Waals surface area contributed by atoms with Crippen LogP contribution in [0.3, 0.4) is 0 Å². The monoisotopic (exact) mass is 322 g/mol. The number of likely N-dealkylation sites (tertiary alicyclic amines) is 2. The molecule has 0 radical (unpaired) electrons. The van der Waals surface area contributed by atoms with Crippen LogP contribution in [0.4, 0.5) is 0 Å². The summed E-state index contributed by atoms with van der Waals surface area (Å²) in [5.74, 6) is 0.774. The van der Waals surface area contributed by atoms with E-state index in [-0.39, 0.29) is 12.5 Å². The molecular formula is C17H26N2O2S. The molecule has 0 aromatic carbocycles. The Labute approximate surface area is 137 Å². The van der Waals surface area contributed by atoms with Crippen molar-refractivity contribution >= 4 is 17.2 Å². The molecule has 3 heterocycles. The first-order valence-electron chi connectivity index (χ1n) is 8.22. The zero-order valence-electron chi connectivity index (χ0n) is 13.6. The highest BCUT2D eigenvalue weighted by Gasteiger charge is 2.37. The van der Waals surface area contributed by atoms with E-state index in [9.17, 15) is 4.79 Å². The maximum Gasteiger partial charge on any atom is 0.248 e. The molecule has 0 unspecified atom stereocenters. The first-order chi connectivity index (χ1) is 10.7. The number of methoxy groups -OCH3 is 1. The summed E-state index contributed by atoms with van der Waals surface area (Å²) in [6.07, 6.45) is 3.60. The van der Waals surface area contributed by atoms with E-state index < -0.39 is 0 Å². The average molecular weight is 322 g/mol. The fraction of sp³-hybridized carbons (Fsp3) is 0.706. The fourth-order valence-electron chi connectivity index (χ4n) is 3.89. The summed E-state index contributed by atoms with van der Waals surface area (Å²) in [4.78, 5) is 18.2. The topological polar surface area (TPSA) is 32.8 Å². The van der Waals surface area contributed by atoms with Crippen LogP contribution in [-0.4, -0.2) is 55.1 Å². The number of amides is 1. The minimum absolute atomic E-state index is 0.146. The average Bonchev–Trinajstić information content (AvgIpc) is 2.92. The third kappa shape index (κ3) is 3.36. The lowest BCUT2D eigenvalue weighted by atomic mass is 9.83. The predicted molar refractivity (Wildman–Crippen MR) is 89.1 cm³/mol. The molecule has 2 saturated heterocycles. The van der Waals surface area contributed by atoms with Crippen LogP contribution in [0.15, 0.2) is 11.4 Å². The Morgan fingerprint density at radius 1 is 1.41 bits per heavy atom. The number of piperidine rings is 2. The summed E-state index contributed by atoms with van der Waals surface area (Å²) in [6, 6.07) is 2.86. The molecule has 0 saturated carbocycles. The lowest BCUT2D eigenvalue weighted by molar-refractivity contribution is -0.138. The number of rotatable bonds is 4. The van der Waals surface area contributed by atoms with Gasteiger partial charge in [-0.3, -0.25) is 9.69 Å². The lowest BCUT2D eigenvalue weighted by Crippen LogP contribution is -2.55. The largest absolute Gasteiger partial charge is 0.375 e. The number of hydrogen-bond acceptors (Lipinski definition) is 4. The Bertz CT molecular complexity index is 517. The first-order valence-corrected chi connectivity index (χ1v) is 9.10. The van der Waals surface area contributed by atoms with Gasteiger partial charge in [-0.15, -0.1) is 11.3 Å². The molecular weight excluding hydrogens is 296 g/mol. The Balaban J connectivity index is 1.63. The fourth-order valence-corrected chi connectivity index (χ4v) is 4.83. The van der Waals surface area contributed by atoms with E-state index in [4.69, 9.17) is 4.74 Å². The van der Waals surface area contributed by atoms with Gasteiger partial charge in [0, 0.05) is 37.7 Å². The second-order valence-corrected chi connectivity index (χ2v) is 7.53. The van der Waals surface area contributed by atoms with Crippen molar-refractivity contribution in [1.29, 1.82) is 0 Å². The van der Waals surface area contributed by atoms with Crippen LogP contribution in [-0.2, 0) is 16.1 Å². The van der Waals surface area contributed by atoms with Crippen LogP contribution in [0.5, 0.6) is 0 Å². The highest BCUT2D eigenvalue weighted by molar-refractivity contribution is 7.10. The molecule has 0 N–H and O–H groups in total. The standard InChI is InChI=1S/C17H26N2O2S/c1-13-6-9-22-16(13)11-18-7-3-4-14-10-19(8-5-15(14)18)17(20)12-21-2/h6,9,14-15H,3-5,7-8,10-12H2,1-2H3/t14-,15+/m1/s1. The van der Waals surface area contributed by atoms with E-state index in [2.05, 4.69) is 23.3 Å². The van der Waals surface area contributed by atoms with Gasteiger partial charge in [0.2, 0.25) is 5.91 Å². The van der Waals surface area contributed by atoms with Gasteiger partial charge in [0.15, 0.2) is 0 Å². The molecule has 2 aliphatic heterocycles. The van der Waals surface area contributed by atoms with Crippen molar-refractivity contribution in [1.82, 2.24) is 9.80 Å². The van der Waals surface area contributed by atoms with Crippen LogP contribution < -0.4 is 0 Å². The Hall–Kier alpha value is -0.910. The Kier molecular flexibility index (Phi) is 5.16. The molecule has 1 aromatic rings. The van der Waals surface area contributed by atoms with Crippen LogP contribution >= 0.6 is 11.3 Å². The maximum atomic E-state index is 12.0. The van der Waals surface area contributed by atoms with E-state index in [0.717, 1.165) is 26.1 Å². The quantitative estimate of drug-likeness (QED) is 0.854. The molecule has 2 fully saturated rings. The Morgan fingerprint density at radius 2 is 2.27 bits per heavy atom. The van der Waals surface area contributed by atoms with Crippen LogP contribution in [0, 0.1) is 12.8 Å². The minimum atomic E-state index is 0.146. The summed E-state index contributed by atoms with van der Waals surface area (Å²) in [6.45, 7) is 6.49. The lowest BCUT2D eigenvalue weighted by Gasteiger charge is -2.47. The second kappa shape index (κ2) is 7.11. The van der Waals surface area contributed by atoms with E-state index in [1.165, 1.54) is 29.8 Å². The molecule has 1 amide bonds. The summed E-state index contributed by atoms with van der Waals surface area (Å²) in [5, 5.41) is 2.19. The second-order valence-electron chi connectivity index (χ2n) is 6.53. The summed E-state index contributed by atoms with van der Waals surface area (Å²) in [7, 11) is 1.59. The number of carbonyl (C=O) groups excluding carboxylic acids is 1. The zero-order valence-corrected chi connectivity index (χ0v) is 14.4. The van der Waals surface area contributed by atoms with E-state index in [1.54, 1.807) is 7.11 Å². The van der Waals surface area contributed by atoms with Gasteiger partial charge in [0.1, 0.15) is 6.61 Å². The predicted octanol–water partition coefficient (Wildman–Crippen LogP) is 2.52. The van der Waals surface area contributed by atoms with E-state index in [1.807, 2.05) is 16.2 Å². The van der Waals surface area contributed by atoms with Gasteiger partial charge in [-0.25, -0.2) is 0 Å². The number of carbonyl (C=O) groups is 1. The SMILES string of the molecule is COCC(=O)N1CC[C@H]2[C@H](CCCN2Cc2sccc2C)C1. The minimum Gasteiger partial charge on any atom is -0.375 e. The molecule has 2 aliphatic rings. The van der Waals surface area contributed by atoms with Crippen LogP contribution in [0.25, 0.3) is 0 Å². The van der Waals surface area contributed by atoms with Gasteiger partial charge in [-0.2, -0.15) is 0 Å². The van der Waals surface area contributed by atoms with Crippen molar-refractivity contribution in [3.63, 3.8) is 0 Å². The number of thiophene rings is 1. The van der Waals surface area contributed by atoms with E-state index >= 15 is 0 Å². The van der Waals surface area contributed by atoms with Crippen molar-refractivity contribution in [3.8, 4) is 0 Å². The highest BCUT2D eigenvalue weighted by atomic mass is 32.1. The molecule has 1 aromatic heterocycles. The molecule has 0 spiro atoms. The summed E-state index contributed by atoms with van der Waals surface area (Å²) < 4.78 is 5.00. The molecule has 4 nitrogen and oxygen atoms in total. The van der Waals surface area contributed by atoms with Gasteiger partial charge < -0.3 is 9.64 Å². The molecule has 0 aliphatic carbocycles. The van der Waals surface area contributed by atoms with Crippen molar-refractivity contribution in [2.24, 2.45) is 5.92 Å². The molecule has 2 atom stereocenters. The van der Waals surface area contributed by atoms with Crippen molar-refractivity contribution < 1.29 is 9.53 Å². The molecule has 22 heavy (non-hydrogen) atoms. The number of hydrogen-bond donors (Lipinski definition) is 0. The molecule has 3 rings (SSSR count). The molecule has 0 bridgehead atoms. The van der Waals surface area contributed by atoms with Crippen LogP contribution in [0.2, 0.25) is 0 Å². The number of ether oxygens (including phenoxy) is 1. The molecule has 122 valence electrons. The smallest absolute Gasteiger partial charge is 0.248 e. The third-order valence-electron chi connectivity index (χ3n) is 5.12. The van der Waals surface area contributed by atoms with Crippen molar-refractivity contribution in [2.75, 3.05) is 33.4 Å². The van der Waals surface area contributed by atoms with E-state index in [0.29, 0.717) is 12.0 Å². The third-order valence-corrected chi connectivity index (χ3v) is 6.13. The van der Waals surface area contributed by atoms with Gasteiger partial charge in [-0.05, 0) is 55.7 Å². The van der Waals surface area contributed by atoms with Gasteiger partial charge in [-0.1, -0.05) is 0 Å². The summed E-state index contributed by atoms with van der Waals surface area (Å²) >= 11 is 1.87. The van der Waals surface area contributed by atoms with Gasteiger partial charge >= 0.3 is 0 Å². The summed E-state index contributed by atoms with van der Waals surface area (Å²) in [5.41, 5.74) is 1.42.